The van der Waals surface area contributed by atoms with E-state index in [0.29, 0.717) is 6.61 Å². The average Bonchev–Trinajstić information content (AvgIpc) is 2.64. The highest BCUT2D eigenvalue weighted by Crippen LogP contribution is 2.40. The van der Waals surface area contributed by atoms with Crippen molar-refractivity contribution in [3.05, 3.63) is 53.1 Å². The molecular weight excluding hydrogens is 360 g/mol. The molecule has 2 aliphatic heterocycles. The molecule has 1 saturated heterocycles. The van der Waals surface area contributed by atoms with E-state index >= 15 is 0 Å². The molecule has 0 aromatic heterocycles. The van der Waals surface area contributed by atoms with Crippen molar-refractivity contribution < 1.29 is 9.47 Å². The van der Waals surface area contributed by atoms with Crippen LogP contribution in [0.4, 0.5) is 11.4 Å². The van der Waals surface area contributed by atoms with Gasteiger partial charge in [0.05, 0.1) is 6.61 Å². The number of likely N-dealkylation sites (tertiary alicyclic amines) is 1. The molecule has 1 aliphatic carbocycles. The van der Waals surface area contributed by atoms with E-state index in [1.807, 2.05) is 24.3 Å². The molecule has 0 bridgehead atoms. The number of ether oxygens (including phenoxy) is 2. The van der Waals surface area contributed by atoms with E-state index in [9.17, 15) is 0 Å². The third-order valence-electron chi connectivity index (χ3n) is 6.13. The standard InChI is InChI=1S/C22H25ClN2O2/c23-17-4-6-18(7-5-17)24-19-8-9-21-16(14-19)15-26-22(27-21)10-12-25(13-11-22)20-2-1-3-20/h4-9,14,20,24H,1-3,10-13,15H2. The van der Waals surface area contributed by atoms with Crippen LogP contribution in [0, 0.1) is 0 Å². The average molecular weight is 385 g/mol. The van der Waals surface area contributed by atoms with Crippen LogP contribution in [-0.2, 0) is 11.3 Å². The third kappa shape index (κ3) is 3.54. The topological polar surface area (TPSA) is 33.7 Å². The minimum atomic E-state index is -0.432. The number of anilines is 2. The van der Waals surface area contributed by atoms with Crippen molar-refractivity contribution in [1.82, 2.24) is 4.90 Å². The van der Waals surface area contributed by atoms with Gasteiger partial charge in [-0.1, -0.05) is 18.0 Å². The van der Waals surface area contributed by atoms with E-state index in [-0.39, 0.29) is 0 Å². The first-order chi connectivity index (χ1) is 13.2. The molecule has 5 rings (SSSR count). The van der Waals surface area contributed by atoms with Gasteiger partial charge in [0.15, 0.2) is 0 Å². The highest BCUT2D eigenvalue weighted by atomic mass is 35.5. The van der Waals surface area contributed by atoms with Gasteiger partial charge in [-0.3, -0.25) is 4.90 Å². The number of benzene rings is 2. The lowest BCUT2D eigenvalue weighted by atomic mass is 9.89. The number of halogens is 1. The van der Waals surface area contributed by atoms with Crippen molar-refractivity contribution in [2.45, 2.75) is 50.5 Å². The van der Waals surface area contributed by atoms with Gasteiger partial charge < -0.3 is 14.8 Å². The van der Waals surface area contributed by atoms with Crippen molar-refractivity contribution >= 4 is 23.0 Å². The SMILES string of the molecule is Clc1ccc(Nc2ccc3c(c2)COC2(CCN(C4CCC4)CC2)O3)cc1. The maximum Gasteiger partial charge on any atom is 0.213 e. The van der Waals surface area contributed by atoms with Gasteiger partial charge in [-0.05, 0) is 55.3 Å². The Hall–Kier alpha value is -1.75. The summed E-state index contributed by atoms with van der Waals surface area (Å²) in [6.07, 6.45) is 6.02. The smallest absolute Gasteiger partial charge is 0.213 e. The molecule has 1 N–H and O–H groups in total. The number of rotatable bonds is 3. The molecule has 2 fully saturated rings. The second-order valence-corrected chi connectivity index (χ2v) is 8.31. The number of hydrogen-bond donors (Lipinski definition) is 1. The minimum Gasteiger partial charge on any atom is -0.462 e. The number of nitrogens with one attached hydrogen (secondary N) is 1. The van der Waals surface area contributed by atoms with Crippen LogP contribution < -0.4 is 10.1 Å². The van der Waals surface area contributed by atoms with Gasteiger partial charge in [-0.2, -0.15) is 0 Å². The van der Waals surface area contributed by atoms with Crippen molar-refractivity contribution in [3.8, 4) is 5.75 Å². The number of nitrogens with zero attached hydrogens (tertiary/aromatic N) is 1. The molecule has 1 saturated carbocycles. The van der Waals surface area contributed by atoms with E-state index in [0.717, 1.165) is 59.7 Å². The molecule has 0 unspecified atom stereocenters. The van der Waals surface area contributed by atoms with Gasteiger partial charge >= 0.3 is 0 Å². The zero-order valence-corrected chi connectivity index (χ0v) is 16.2. The lowest BCUT2D eigenvalue weighted by Gasteiger charge is -2.47. The van der Waals surface area contributed by atoms with Gasteiger partial charge in [0.1, 0.15) is 5.75 Å². The molecular formula is C22H25ClN2O2. The van der Waals surface area contributed by atoms with Crippen molar-refractivity contribution in [1.29, 1.82) is 0 Å². The van der Waals surface area contributed by atoms with Crippen LogP contribution in [0.5, 0.6) is 5.75 Å². The molecule has 2 aromatic rings. The Morgan fingerprint density at radius 1 is 1.00 bits per heavy atom. The molecule has 142 valence electrons. The molecule has 0 atom stereocenters. The van der Waals surface area contributed by atoms with E-state index in [4.69, 9.17) is 21.1 Å². The van der Waals surface area contributed by atoms with Gasteiger partial charge in [-0.15, -0.1) is 0 Å². The predicted molar refractivity (Wildman–Crippen MR) is 108 cm³/mol. The summed E-state index contributed by atoms with van der Waals surface area (Å²) in [5.41, 5.74) is 3.14. The monoisotopic (exact) mass is 384 g/mol. The molecule has 0 amide bonds. The van der Waals surface area contributed by atoms with Crippen LogP contribution in [0.25, 0.3) is 0 Å². The first-order valence-corrected chi connectivity index (χ1v) is 10.3. The van der Waals surface area contributed by atoms with Crippen LogP contribution in [-0.4, -0.2) is 29.8 Å². The van der Waals surface area contributed by atoms with E-state index in [2.05, 4.69) is 28.4 Å². The van der Waals surface area contributed by atoms with Gasteiger partial charge in [0.2, 0.25) is 5.79 Å². The lowest BCUT2D eigenvalue weighted by Crippen LogP contribution is -2.54. The Morgan fingerprint density at radius 3 is 2.44 bits per heavy atom. The Balaban J connectivity index is 1.26. The fourth-order valence-corrected chi connectivity index (χ4v) is 4.36. The van der Waals surface area contributed by atoms with Crippen LogP contribution in [0.15, 0.2) is 42.5 Å². The van der Waals surface area contributed by atoms with Crippen LogP contribution >= 0.6 is 11.6 Å². The summed E-state index contributed by atoms with van der Waals surface area (Å²) >= 11 is 5.95. The molecule has 3 aliphatic rings. The highest BCUT2D eigenvalue weighted by molar-refractivity contribution is 6.30. The summed E-state index contributed by atoms with van der Waals surface area (Å²) in [7, 11) is 0. The summed E-state index contributed by atoms with van der Waals surface area (Å²) in [5, 5.41) is 4.14. The Morgan fingerprint density at radius 2 is 1.74 bits per heavy atom. The predicted octanol–water partition coefficient (Wildman–Crippen LogP) is 5.34. The third-order valence-corrected chi connectivity index (χ3v) is 6.38. The second-order valence-electron chi connectivity index (χ2n) is 7.88. The second kappa shape index (κ2) is 7.01. The molecule has 4 nitrogen and oxygen atoms in total. The summed E-state index contributed by atoms with van der Waals surface area (Å²) in [6, 6.07) is 14.8. The van der Waals surface area contributed by atoms with Crippen molar-refractivity contribution in [2.75, 3.05) is 18.4 Å². The summed E-state index contributed by atoms with van der Waals surface area (Å²) in [5.74, 6) is 0.526. The Kier molecular flexibility index (Phi) is 4.50. The van der Waals surface area contributed by atoms with Gasteiger partial charge in [0, 0.05) is 53.9 Å². The molecule has 5 heteroatoms. The maximum absolute atomic E-state index is 6.37. The van der Waals surface area contributed by atoms with E-state index in [1.54, 1.807) is 0 Å². The molecule has 27 heavy (non-hydrogen) atoms. The number of piperidine rings is 1. The van der Waals surface area contributed by atoms with Crippen molar-refractivity contribution in [3.63, 3.8) is 0 Å². The first kappa shape index (κ1) is 17.4. The number of hydrogen-bond acceptors (Lipinski definition) is 4. The Bertz CT molecular complexity index is 812. The van der Waals surface area contributed by atoms with E-state index < -0.39 is 5.79 Å². The lowest BCUT2D eigenvalue weighted by molar-refractivity contribution is -0.231. The van der Waals surface area contributed by atoms with E-state index in [1.165, 1.54) is 19.3 Å². The zero-order valence-electron chi connectivity index (χ0n) is 15.4. The fraction of sp³-hybridized carbons (Fsp3) is 0.455. The quantitative estimate of drug-likeness (QED) is 0.774. The van der Waals surface area contributed by atoms with Crippen molar-refractivity contribution in [2.24, 2.45) is 0 Å². The normalized spacial score (nSPS) is 22.0. The Labute approximate surface area is 165 Å². The highest BCUT2D eigenvalue weighted by Gasteiger charge is 2.42. The largest absolute Gasteiger partial charge is 0.462 e. The van der Waals surface area contributed by atoms with Crippen LogP contribution in [0.1, 0.15) is 37.7 Å². The molecule has 1 spiro atoms. The molecule has 2 heterocycles. The fourth-order valence-electron chi connectivity index (χ4n) is 4.24. The summed E-state index contributed by atoms with van der Waals surface area (Å²) in [6.45, 7) is 2.77. The molecule has 2 aromatic carbocycles. The summed E-state index contributed by atoms with van der Waals surface area (Å²) < 4.78 is 12.6. The number of fused-ring (bicyclic) bond motifs is 1. The molecule has 0 radical (unpaired) electrons. The van der Waals surface area contributed by atoms with Crippen LogP contribution in [0.3, 0.4) is 0 Å². The van der Waals surface area contributed by atoms with Gasteiger partial charge in [0.25, 0.3) is 0 Å². The maximum atomic E-state index is 6.37. The van der Waals surface area contributed by atoms with Gasteiger partial charge in [-0.25, -0.2) is 0 Å². The zero-order chi connectivity index (χ0) is 18.3. The minimum absolute atomic E-state index is 0.432. The van der Waals surface area contributed by atoms with Crippen LogP contribution in [0.2, 0.25) is 5.02 Å². The summed E-state index contributed by atoms with van der Waals surface area (Å²) in [4.78, 5) is 2.62. The first-order valence-electron chi connectivity index (χ1n) is 9.92.